The second-order valence-electron chi connectivity index (χ2n) is 11.0. The maximum absolute atomic E-state index is 5.28. The minimum atomic E-state index is -0.0496. The van der Waals surface area contributed by atoms with Crippen LogP contribution in [-0.4, -0.2) is 9.97 Å². The molecule has 39 heavy (non-hydrogen) atoms. The molecule has 1 aliphatic rings. The van der Waals surface area contributed by atoms with Gasteiger partial charge in [-0.25, -0.2) is 9.97 Å². The molecule has 184 valence electrons. The summed E-state index contributed by atoms with van der Waals surface area (Å²) in [5.74, 6) is 0. The first-order valence-electron chi connectivity index (χ1n) is 13.5. The maximum atomic E-state index is 5.28. The molecule has 0 atom stereocenters. The van der Waals surface area contributed by atoms with E-state index in [1.165, 1.54) is 38.4 Å². The Hall–Kier alpha value is -4.82. The highest BCUT2D eigenvalue weighted by Gasteiger charge is 2.36. The van der Waals surface area contributed by atoms with Crippen molar-refractivity contribution in [1.82, 2.24) is 9.97 Å². The van der Waals surface area contributed by atoms with Gasteiger partial charge in [0.15, 0.2) is 0 Å². The Morgan fingerprint density at radius 1 is 0.513 bits per heavy atom. The fraction of sp³-hybridized carbons (Fsp3) is 0.0811. The molecule has 0 N–H and O–H groups in total. The quantitative estimate of drug-likeness (QED) is 0.222. The molecule has 0 bridgehead atoms. The molecule has 8 rings (SSSR count). The Bertz CT molecular complexity index is 2090. The highest BCUT2D eigenvalue weighted by Crippen LogP contribution is 2.51. The molecular formula is C37H26N2. The van der Waals surface area contributed by atoms with Gasteiger partial charge in [-0.1, -0.05) is 123 Å². The zero-order valence-electron chi connectivity index (χ0n) is 21.9. The van der Waals surface area contributed by atoms with Crippen molar-refractivity contribution in [2.45, 2.75) is 19.3 Å². The fourth-order valence-corrected chi connectivity index (χ4v) is 6.56. The van der Waals surface area contributed by atoms with Gasteiger partial charge in [0.1, 0.15) is 0 Å². The third-order valence-corrected chi connectivity index (χ3v) is 8.42. The van der Waals surface area contributed by atoms with Gasteiger partial charge < -0.3 is 0 Å². The first-order chi connectivity index (χ1) is 19.1. The van der Waals surface area contributed by atoms with Crippen LogP contribution in [0.2, 0.25) is 0 Å². The van der Waals surface area contributed by atoms with E-state index in [0.29, 0.717) is 0 Å². The van der Waals surface area contributed by atoms with E-state index in [4.69, 9.17) is 9.97 Å². The molecule has 1 aliphatic carbocycles. The Morgan fingerprint density at radius 2 is 1.26 bits per heavy atom. The summed E-state index contributed by atoms with van der Waals surface area (Å²) < 4.78 is 0. The van der Waals surface area contributed by atoms with Crippen molar-refractivity contribution in [3.63, 3.8) is 0 Å². The minimum absolute atomic E-state index is 0.0496. The van der Waals surface area contributed by atoms with Crippen LogP contribution in [0.1, 0.15) is 25.0 Å². The second kappa shape index (κ2) is 8.09. The lowest BCUT2D eigenvalue weighted by Gasteiger charge is -2.23. The highest BCUT2D eigenvalue weighted by molar-refractivity contribution is 6.06. The van der Waals surface area contributed by atoms with E-state index in [-0.39, 0.29) is 5.41 Å². The molecule has 2 nitrogen and oxygen atoms in total. The standard InChI is InChI=1S/C37H26N2/c1-37(2)31-15-9-8-14-29(31)30-20-16-25-22-26(17-19-27(25)33(30)37)35-34(24-11-4-3-5-12-24)39-36-28-13-7-6-10-23(28)18-21-32(36)38-35/h3-22H,1-2H3. The zero-order chi connectivity index (χ0) is 26.1. The first kappa shape index (κ1) is 22.2. The molecule has 0 radical (unpaired) electrons. The smallest absolute Gasteiger partial charge is 0.0973 e. The molecule has 0 amide bonds. The summed E-state index contributed by atoms with van der Waals surface area (Å²) in [7, 11) is 0. The first-order valence-corrected chi connectivity index (χ1v) is 13.5. The number of nitrogens with zero attached hydrogens (tertiary/aromatic N) is 2. The second-order valence-corrected chi connectivity index (χ2v) is 11.0. The van der Waals surface area contributed by atoms with Crippen molar-refractivity contribution in [3.8, 4) is 33.6 Å². The minimum Gasteiger partial charge on any atom is -0.244 e. The number of rotatable bonds is 2. The van der Waals surface area contributed by atoms with Gasteiger partial charge in [-0.15, -0.1) is 0 Å². The highest BCUT2D eigenvalue weighted by atomic mass is 14.8. The van der Waals surface area contributed by atoms with E-state index >= 15 is 0 Å². The van der Waals surface area contributed by atoms with Crippen molar-refractivity contribution < 1.29 is 0 Å². The van der Waals surface area contributed by atoms with E-state index < -0.39 is 0 Å². The summed E-state index contributed by atoms with van der Waals surface area (Å²) in [6, 6.07) is 43.3. The number of benzene rings is 6. The molecule has 6 aromatic carbocycles. The maximum Gasteiger partial charge on any atom is 0.0973 e. The third kappa shape index (κ3) is 3.21. The molecule has 1 heterocycles. The van der Waals surface area contributed by atoms with E-state index in [0.717, 1.165) is 38.9 Å². The lowest BCUT2D eigenvalue weighted by molar-refractivity contribution is 0.666. The monoisotopic (exact) mass is 498 g/mol. The largest absolute Gasteiger partial charge is 0.244 e. The molecule has 7 aromatic rings. The molecule has 0 unspecified atom stereocenters. The summed E-state index contributed by atoms with van der Waals surface area (Å²) >= 11 is 0. The van der Waals surface area contributed by atoms with Crippen LogP contribution >= 0.6 is 0 Å². The van der Waals surface area contributed by atoms with E-state index in [9.17, 15) is 0 Å². The van der Waals surface area contributed by atoms with Crippen LogP contribution in [0, 0.1) is 0 Å². The Balaban J connectivity index is 1.38. The third-order valence-electron chi connectivity index (χ3n) is 8.42. The molecule has 2 heteroatoms. The van der Waals surface area contributed by atoms with Gasteiger partial charge in [0.05, 0.1) is 22.4 Å². The average Bonchev–Trinajstić information content (AvgIpc) is 3.23. The predicted octanol–water partition coefficient (Wildman–Crippen LogP) is 9.58. The molecule has 0 saturated carbocycles. The zero-order valence-corrected chi connectivity index (χ0v) is 21.9. The van der Waals surface area contributed by atoms with Crippen LogP contribution in [0.25, 0.3) is 66.2 Å². The summed E-state index contributed by atoms with van der Waals surface area (Å²) in [5.41, 5.74) is 11.3. The molecule has 0 aliphatic heterocycles. The predicted molar refractivity (Wildman–Crippen MR) is 163 cm³/mol. The summed E-state index contributed by atoms with van der Waals surface area (Å²) in [6.07, 6.45) is 0. The van der Waals surface area contributed by atoms with Gasteiger partial charge in [-0.2, -0.15) is 0 Å². The number of hydrogen-bond donors (Lipinski definition) is 0. The Morgan fingerprint density at radius 3 is 2.15 bits per heavy atom. The van der Waals surface area contributed by atoms with Crippen LogP contribution in [0.4, 0.5) is 0 Å². The summed E-state index contributed by atoms with van der Waals surface area (Å²) in [5, 5.41) is 4.83. The van der Waals surface area contributed by atoms with Crippen molar-refractivity contribution >= 4 is 32.6 Å². The average molecular weight is 499 g/mol. The molecule has 0 saturated heterocycles. The normalized spacial score (nSPS) is 13.6. The molecule has 0 fully saturated rings. The number of aromatic nitrogens is 2. The lowest BCUT2D eigenvalue weighted by Crippen LogP contribution is -2.15. The van der Waals surface area contributed by atoms with Crippen LogP contribution in [0.3, 0.4) is 0 Å². The number of hydrogen-bond acceptors (Lipinski definition) is 2. The summed E-state index contributed by atoms with van der Waals surface area (Å²) in [4.78, 5) is 10.5. The molecule has 1 aromatic heterocycles. The van der Waals surface area contributed by atoms with Crippen LogP contribution in [-0.2, 0) is 5.41 Å². The van der Waals surface area contributed by atoms with Gasteiger partial charge in [0.25, 0.3) is 0 Å². The van der Waals surface area contributed by atoms with Gasteiger partial charge in [0.2, 0.25) is 0 Å². The molecule has 0 spiro atoms. The van der Waals surface area contributed by atoms with Gasteiger partial charge >= 0.3 is 0 Å². The van der Waals surface area contributed by atoms with Gasteiger partial charge in [0, 0.05) is 21.9 Å². The van der Waals surface area contributed by atoms with Crippen LogP contribution in [0.5, 0.6) is 0 Å². The topological polar surface area (TPSA) is 25.8 Å². The number of fused-ring (bicyclic) bond motifs is 8. The SMILES string of the molecule is CC1(C)c2ccccc2-c2ccc3cc(-c4nc5ccc6ccccc6c5nc4-c4ccccc4)ccc3c21. The van der Waals surface area contributed by atoms with E-state index in [2.05, 4.69) is 129 Å². The van der Waals surface area contributed by atoms with E-state index in [1.54, 1.807) is 0 Å². The van der Waals surface area contributed by atoms with Crippen molar-refractivity contribution in [2.24, 2.45) is 0 Å². The van der Waals surface area contributed by atoms with Gasteiger partial charge in [-0.3, -0.25) is 0 Å². The summed E-state index contributed by atoms with van der Waals surface area (Å²) in [6.45, 7) is 4.69. The Kier molecular flexibility index (Phi) is 4.60. The fourth-order valence-electron chi connectivity index (χ4n) is 6.56. The van der Waals surface area contributed by atoms with E-state index in [1.807, 2.05) is 6.07 Å². The van der Waals surface area contributed by atoms with Crippen LogP contribution < -0.4 is 0 Å². The lowest BCUT2D eigenvalue weighted by atomic mass is 9.80. The van der Waals surface area contributed by atoms with Crippen LogP contribution in [0.15, 0.2) is 121 Å². The van der Waals surface area contributed by atoms with Gasteiger partial charge in [-0.05, 0) is 50.5 Å². The molecular weight excluding hydrogens is 472 g/mol. The van der Waals surface area contributed by atoms with Crippen molar-refractivity contribution in [2.75, 3.05) is 0 Å². The Labute approximate surface area is 227 Å². The van der Waals surface area contributed by atoms with Crippen molar-refractivity contribution in [1.29, 1.82) is 0 Å². The van der Waals surface area contributed by atoms with Crippen molar-refractivity contribution in [3.05, 3.63) is 132 Å².